The molecule has 7 nitrogen and oxygen atoms in total. The molecule has 0 aliphatic carbocycles. The molecule has 0 unspecified atom stereocenters. The van der Waals surface area contributed by atoms with Crippen molar-refractivity contribution in [3.8, 4) is 5.75 Å². The second kappa shape index (κ2) is 5.41. The first-order valence-electron chi connectivity index (χ1n) is 6.15. The minimum absolute atomic E-state index is 0.0642. The SMILES string of the molecule is O=C(N/N=C/c1c(O)ccc2ccccc12)c1ncn[nH]1. The fraction of sp³-hybridized carbons (Fsp3) is 0. The number of carbonyl (C=O) groups is 1. The predicted octanol–water partition coefficient (Wildman–Crippen LogP) is 1.43. The molecule has 0 radical (unpaired) electrons. The van der Waals surface area contributed by atoms with Gasteiger partial charge in [-0.15, -0.1) is 0 Å². The van der Waals surface area contributed by atoms with Crippen molar-refractivity contribution in [3.05, 3.63) is 54.1 Å². The Balaban J connectivity index is 1.86. The molecule has 3 N–H and O–H groups in total. The van der Waals surface area contributed by atoms with Crippen molar-refractivity contribution in [2.45, 2.75) is 0 Å². The number of hydrogen-bond donors (Lipinski definition) is 3. The van der Waals surface area contributed by atoms with Crippen LogP contribution in [-0.4, -0.2) is 32.4 Å². The Morgan fingerprint density at radius 1 is 1.29 bits per heavy atom. The van der Waals surface area contributed by atoms with E-state index in [1.165, 1.54) is 12.5 Å². The monoisotopic (exact) mass is 281 g/mol. The Hall–Kier alpha value is -3.22. The number of hydrazone groups is 1. The molecule has 3 rings (SSSR count). The zero-order valence-electron chi connectivity index (χ0n) is 10.8. The second-order valence-electron chi connectivity index (χ2n) is 4.25. The van der Waals surface area contributed by atoms with Crippen LogP contribution < -0.4 is 5.43 Å². The van der Waals surface area contributed by atoms with Crippen molar-refractivity contribution in [2.24, 2.45) is 5.10 Å². The Kier molecular flexibility index (Phi) is 3.30. The highest BCUT2D eigenvalue weighted by Crippen LogP contribution is 2.25. The van der Waals surface area contributed by atoms with E-state index in [1.54, 1.807) is 6.07 Å². The van der Waals surface area contributed by atoms with Gasteiger partial charge in [0, 0.05) is 5.56 Å². The molecule has 0 aliphatic heterocycles. The number of aromatic hydroxyl groups is 1. The van der Waals surface area contributed by atoms with Crippen LogP contribution in [0.15, 0.2) is 47.8 Å². The van der Waals surface area contributed by atoms with E-state index in [4.69, 9.17) is 0 Å². The molecule has 3 aromatic rings. The van der Waals surface area contributed by atoms with Crippen molar-refractivity contribution in [1.82, 2.24) is 20.6 Å². The molecule has 7 heteroatoms. The molecule has 1 aromatic heterocycles. The van der Waals surface area contributed by atoms with Gasteiger partial charge in [0.1, 0.15) is 12.1 Å². The van der Waals surface area contributed by atoms with Crippen LogP contribution in [0.5, 0.6) is 5.75 Å². The van der Waals surface area contributed by atoms with E-state index in [0.29, 0.717) is 5.56 Å². The van der Waals surface area contributed by atoms with Gasteiger partial charge in [0.25, 0.3) is 0 Å². The van der Waals surface area contributed by atoms with Crippen LogP contribution in [0, 0.1) is 0 Å². The number of H-pyrrole nitrogens is 1. The molecule has 21 heavy (non-hydrogen) atoms. The molecule has 104 valence electrons. The highest BCUT2D eigenvalue weighted by Gasteiger charge is 2.07. The first-order valence-corrected chi connectivity index (χ1v) is 6.15. The van der Waals surface area contributed by atoms with Gasteiger partial charge in [-0.25, -0.2) is 10.4 Å². The molecular weight excluding hydrogens is 270 g/mol. The molecule has 0 bridgehead atoms. The summed E-state index contributed by atoms with van der Waals surface area (Å²) in [6.07, 6.45) is 2.63. The van der Waals surface area contributed by atoms with Crippen LogP contribution in [0.2, 0.25) is 0 Å². The number of aromatic nitrogens is 3. The van der Waals surface area contributed by atoms with Gasteiger partial charge in [0.05, 0.1) is 6.21 Å². The molecule has 0 spiro atoms. The van der Waals surface area contributed by atoms with Crippen LogP contribution in [0.4, 0.5) is 0 Å². The zero-order valence-corrected chi connectivity index (χ0v) is 10.8. The van der Waals surface area contributed by atoms with E-state index < -0.39 is 5.91 Å². The Bertz CT molecular complexity index is 811. The maximum absolute atomic E-state index is 11.6. The normalized spacial score (nSPS) is 11.0. The lowest BCUT2D eigenvalue weighted by Crippen LogP contribution is -2.19. The van der Waals surface area contributed by atoms with Crippen molar-refractivity contribution >= 4 is 22.9 Å². The van der Waals surface area contributed by atoms with Gasteiger partial charge in [-0.05, 0) is 16.8 Å². The number of rotatable bonds is 3. The zero-order chi connectivity index (χ0) is 14.7. The second-order valence-corrected chi connectivity index (χ2v) is 4.25. The number of carbonyl (C=O) groups excluding carboxylic acids is 1. The predicted molar refractivity (Wildman–Crippen MR) is 77.1 cm³/mol. The first kappa shape index (κ1) is 12.8. The summed E-state index contributed by atoms with van der Waals surface area (Å²) in [6.45, 7) is 0. The molecular formula is C14H11N5O2. The van der Waals surface area contributed by atoms with Gasteiger partial charge in [0.15, 0.2) is 0 Å². The molecule has 0 fully saturated rings. The number of aromatic amines is 1. The third-order valence-electron chi connectivity index (χ3n) is 2.94. The Labute approximate surface area is 119 Å². The van der Waals surface area contributed by atoms with Crippen LogP contribution in [0.3, 0.4) is 0 Å². The van der Waals surface area contributed by atoms with E-state index in [-0.39, 0.29) is 11.6 Å². The van der Waals surface area contributed by atoms with Crippen LogP contribution >= 0.6 is 0 Å². The smallest absolute Gasteiger partial charge is 0.308 e. The molecule has 1 heterocycles. The third-order valence-corrected chi connectivity index (χ3v) is 2.94. The van der Waals surface area contributed by atoms with Gasteiger partial charge < -0.3 is 5.11 Å². The van der Waals surface area contributed by atoms with E-state index in [0.717, 1.165) is 10.8 Å². The lowest BCUT2D eigenvalue weighted by Gasteiger charge is -2.04. The van der Waals surface area contributed by atoms with E-state index in [2.05, 4.69) is 25.7 Å². The van der Waals surface area contributed by atoms with Gasteiger partial charge in [-0.3, -0.25) is 9.89 Å². The fourth-order valence-electron chi connectivity index (χ4n) is 1.94. The molecule has 1 amide bonds. The van der Waals surface area contributed by atoms with Crippen LogP contribution in [0.25, 0.3) is 10.8 Å². The Morgan fingerprint density at radius 3 is 2.95 bits per heavy atom. The number of hydrogen-bond acceptors (Lipinski definition) is 5. The van der Waals surface area contributed by atoms with Gasteiger partial charge in [-0.2, -0.15) is 10.2 Å². The van der Waals surface area contributed by atoms with Crippen LogP contribution in [-0.2, 0) is 0 Å². The minimum atomic E-state index is -0.511. The lowest BCUT2D eigenvalue weighted by molar-refractivity contribution is 0.0945. The molecule has 0 saturated carbocycles. The standard InChI is InChI=1S/C14H11N5O2/c20-12-6-5-9-3-1-2-4-10(9)11(12)7-16-19-14(21)13-15-8-17-18-13/h1-8,20H,(H,19,21)(H,15,17,18)/b16-7+. The maximum atomic E-state index is 11.6. The first-order chi connectivity index (χ1) is 10.3. The van der Waals surface area contributed by atoms with E-state index >= 15 is 0 Å². The van der Waals surface area contributed by atoms with Crippen molar-refractivity contribution < 1.29 is 9.90 Å². The summed E-state index contributed by atoms with van der Waals surface area (Å²) < 4.78 is 0. The average Bonchev–Trinajstić information content (AvgIpc) is 3.04. The summed E-state index contributed by atoms with van der Waals surface area (Å²) in [5.41, 5.74) is 2.84. The topological polar surface area (TPSA) is 103 Å². The largest absolute Gasteiger partial charge is 0.507 e. The number of fused-ring (bicyclic) bond motifs is 1. The van der Waals surface area contributed by atoms with Gasteiger partial charge in [0.2, 0.25) is 5.82 Å². The average molecular weight is 281 g/mol. The van der Waals surface area contributed by atoms with E-state index in [1.807, 2.05) is 30.3 Å². The lowest BCUT2D eigenvalue weighted by atomic mass is 10.0. The Morgan fingerprint density at radius 2 is 2.14 bits per heavy atom. The highest BCUT2D eigenvalue weighted by molar-refractivity contribution is 6.02. The number of benzene rings is 2. The molecule has 0 atom stereocenters. The van der Waals surface area contributed by atoms with E-state index in [9.17, 15) is 9.90 Å². The molecule has 2 aromatic carbocycles. The summed E-state index contributed by atoms with van der Waals surface area (Å²) >= 11 is 0. The molecule has 0 aliphatic rings. The quantitative estimate of drug-likeness (QED) is 0.499. The summed E-state index contributed by atoms with van der Waals surface area (Å²) in [7, 11) is 0. The number of amides is 1. The number of phenolic OH excluding ortho intramolecular Hbond substituents is 1. The summed E-state index contributed by atoms with van der Waals surface area (Å²) in [5.74, 6) is -0.357. The van der Waals surface area contributed by atoms with Crippen LogP contribution in [0.1, 0.15) is 16.2 Å². The number of nitrogens with one attached hydrogen (secondary N) is 2. The highest BCUT2D eigenvalue weighted by atomic mass is 16.3. The molecule has 0 saturated heterocycles. The van der Waals surface area contributed by atoms with Crippen molar-refractivity contribution in [1.29, 1.82) is 0 Å². The maximum Gasteiger partial charge on any atom is 0.308 e. The summed E-state index contributed by atoms with van der Waals surface area (Å²) in [5, 5.41) is 21.6. The summed E-state index contributed by atoms with van der Waals surface area (Å²) in [4.78, 5) is 15.3. The van der Waals surface area contributed by atoms with Crippen molar-refractivity contribution in [3.63, 3.8) is 0 Å². The third kappa shape index (κ3) is 2.57. The number of phenols is 1. The van der Waals surface area contributed by atoms with Crippen molar-refractivity contribution in [2.75, 3.05) is 0 Å². The number of nitrogens with zero attached hydrogens (tertiary/aromatic N) is 3. The van der Waals surface area contributed by atoms with Gasteiger partial charge >= 0.3 is 5.91 Å². The fourth-order valence-corrected chi connectivity index (χ4v) is 1.94. The minimum Gasteiger partial charge on any atom is -0.507 e. The van der Waals surface area contributed by atoms with Gasteiger partial charge in [-0.1, -0.05) is 30.3 Å². The summed E-state index contributed by atoms with van der Waals surface area (Å²) in [6, 6.07) is 11.0.